The van der Waals surface area contributed by atoms with E-state index >= 15 is 0 Å². The molecule has 0 atom stereocenters. The van der Waals surface area contributed by atoms with Crippen LogP contribution in [0.15, 0.2) is 35.8 Å². The van der Waals surface area contributed by atoms with Crippen molar-refractivity contribution in [3.05, 3.63) is 51.7 Å². The van der Waals surface area contributed by atoms with Crippen molar-refractivity contribution in [3.63, 3.8) is 0 Å². The van der Waals surface area contributed by atoms with Crippen molar-refractivity contribution >= 4 is 22.0 Å². The number of imidazole rings is 1. The van der Waals surface area contributed by atoms with Crippen LogP contribution in [0, 0.1) is 10.1 Å². The zero-order chi connectivity index (χ0) is 17.2. The van der Waals surface area contributed by atoms with Gasteiger partial charge in [0.05, 0.1) is 16.2 Å². The van der Waals surface area contributed by atoms with Crippen molar-refractivity contribution in [1.29, 1.82) is 0 Å². The molecule has 0 unspecified atom stereocenters. The first-order chi connectivity index (χ1) is 12.2. The van der Waals surface area contributed by atoms with Gasteiger partial charge >= 0.3 is 0 Å². The maximum Gasteiger partial charge on any atom is 0.278 e. The van der Waals surface area contributed by atoms with Crippen LogP contribution in [0.3, 0.4) is 0 Å². The third-order valence-corrected chi connectivity index (χ3v) is 5.44. The molecular weight excluding hydrogens is 338 g/mol. The zero-order valence-electron chi connectivity index (χ0n) is 13.7. The van der Waals surface area contributed by atoms with E-state index in [1.807, 2.05) is 6.20 Å². The van der Waals surface area contributed by atoms with Crippen molar-refractivity contribution in [2.24, 2.45) is 0 Å². The summed E-state index contributed by atoms with van der Waals surface area (Å²) in [5.41, 5.74) is 2.52. The molecule has 1 aliphatic heterocycles. The Bertz CT molecular complexity index is 897. The second-order valence-electron chi connectivity index (χ2n) is 6.12. The molecule has 130 valence electrons. The molecule has 3 heterocycles. The quantitative estimate of drug-likeness (QED) is 0.561. The average Bonchev–Trinajstić information content (AvgIpc) is 3.22. The minimum Gasteiger partial charge on any atom is -0.314 e. The Balaban J connectivity index is 1.59. The number of benzene rings is 1. The average molecular weight is 357 g/mol. The van der Waals surface area contributed by atoms with E-state index < -0.39 is 0 Å². The van der Waals surface area contributed by atoms with Crippen molar-refractivity contribution in [3.8, 4) is 11.3 Å². The van der Waals surface area contributed by atoms with Gasteiger partial charge in [-0.15, -0.1) is 11.3 Å². The largest absolute Gasteiger partial charge is 0.314 e. The molecule has 0 amide bonds. The van der Waals surface area contributed by atoms with E-state index in [0.717, 1.165) is 44.1 Å². The summed E-state index contributed by atoms with van der Waals surface area (Å²) in [6.07, 6.45) is 2.87. The maximum atomic E-state index is 11.3. The van der Waals surface area contributed by atoms with E-state index in [2.05, 4.69) is 25.0 Å². The number of piperazine rings is 1. The SMILES string of the molecule is O=[N+]([O-])c1ccccc1-c1cn2c(CCN3CCNCC3)csc2n1. The number of thiazole rings is 1. The Morgan fingerprint density at radius 3 is 2.88 bits per heavy atom. The van der Waals surface area contributed by atoms with Crippen LogP contribution in [0.25, 0.3) is 16.2 Å². The lowest BCUT2D eigenvalue weighted by Gasteiger charge is -2.26. The van der Waals surface area contributed by atoms with Gasteiger partial charge in [0.1, 0.15) is 0 Å². The monoisotopic (exact) mass is 357 g/mol. The van der Waals surface area contributed by atoms with Crippen LogP contribution >= 0.6 is 11.3 Å². The Morgan fingerprint density at radius 1 is 1.28 bits per heavy atom. The molecule has 0 bridgehead atoms. The van der Waals surface area contributed by atoms with Crippen LogP contribution in [0.1, 0.15) is 5.69 Å². The first-order valence-electron chi connectivity index (χ1n) is 8.35. The molecule has 1 saturated heterocycles. The number of rotatable bonds is 5. The smallest absolute Gasteiger partial charge is 0.278 e. The molecule has 1 aliphatic rings. The molecule has 0 saturated carbocycles. The highest BCUT2D eigenvalue weighted by atomic mass is 32.1. The standard InChI is InChI=1S/C17H19N5O2S/c23-22(24)16-4-2-1-3-14(16)15-11-21-13(12-25-17(21)19-15)5-8-20-9-6-18-7-10-20/h1-4,11-12,18H,5-10H2. The Labute approximate surface area is 149 Å². The van der Waals surface area contributed by atoms with Gasteiger partial charge in [0.25, 0.3) is 5.69 Å². The van der Waals surface area contributed by atoms with Crippen molar-refractivity contribution < 1.29 is 4.92 Å². The molecule has 1 N–H and O–H groups in total. The van der Waals surface area contributed by atoms with E-state index in [4.69, 9.17) is 0 Å². The second kappa shape index (κ2) is 6.91. The highest BCUT2D eigenvalue weighted by Gasteiger charge is 2.18. The van der Waals surface area contributed by atoms with Gasteiger partial charge in [-0.25, -0.2) is 4.98 Å². The van der Waals surface area contributed by atoms with Crippen LogP contribution in [0.2, 0.25) is 0 Å². The normalized spacial score (nSPS) is 15.7. The molecule has 7 nitrogen and oxygen atoms in total. The minimum absolute atomic E-state index is 0.0932. The molecule has 8 heteroatoms. The summed E-state index contributed by atoms with van der Waals surface area (Å²) in [6, 6.07) is 6.76. The molecule has 1 fully saturated rings. The van der Waals surface area contributed by atoms with E-state index in [1.54, 1.807) is 29.5 Å². The maximum absolute atomic E-state index is 11.3. The number of nitro benzene ring substituents is 1. The van der Waals surface area contributed by atoms with E-state index in [0.29, 0.717) is 11.3 Å². The van der Waals surface area contributed by atoms with E-state index in [-0.39, 0.29) is 10.6 Å². The zero-order valence-corrected chi connectivity index (χ0v) is 14.5. The number of hydrogen-bond donors (Lipinski definition) is 1. The Kier molecular flexibility index (Phi) is 4.48. The number of hydrogen-bond acceptors (Lipinski definition) is 6. The summed E-state index contributed by atoms with van der Waals surface area (Å²) >= 11 is 1.58. The second-order valence-corrected chi connectivity index (χ2v) is 6.96. The molecule has 0 radical (unpaired) electrons. The topological polar surface area (TPSA) is 75.7 Å². The van der Waals surface area contributed by atoms with Gasteiger partial charge in [-0.1, -0.05) is 12.1 Å². The molecule has 2 aromatic heterocycles. The lowest BCUT2D eigenvalue weighted by Crippen LogP contribution is -2.44. The van der Waals surface area contributed by atoms with Gasteiger partial charge < -0.3 is 10.2 Å². The fourth-order valence-electron chi connectivity index (χ4n) is 3.20. The predicted molar refractivity (Wildman–Crippen MR) is 98.2 cm³/mol. The number of para-hydroxylation sites is 1. The first-order valence-corrected chi connectivity index (χ1v) is 9.22. The van der Waals surface area contributed by atoms with Crippen molar-refractivity contribution in [1.82, 2.24) is 19.6 Å². The van der Waals surface area contributed by atoms with Crippen LogP contribution in [-0.2, 0) is 6.42 Å². The molecule has 1 aromatic carbocycles. The minimum atomic E-state index is -0.353. The van der Waals surface area contributed by atoms with E-state index in [9.17, 15) is 10.1 Å². The number of nitrogens with one attached hydrogen (secondary N) is 1. The van der Waals surface area contributed by atoms with Gasteiger partial charge in [0.15, 0.2) is 4.96 Å². The fraction of sp³-hybridized carbons (Fsp3) is 0.353. The number of fused-ring (bicyclic) bond motifs is 1. The van der Waals surface area contributed by atoms with Gasteiger partial charge in [0.2, 0.25) is 0 Å². The fourth-order valence-corrected chi connectivity index (χ4v) is 4.10. The summed E-state index contributed by atoms with van der Waals surface area (Å²) in [6.45, 7) is 5.28. The third-order valence-electron chi connectivity index (χ3n) is 4.55. The van der Waals surface area contributed by atoms with Gasteiger partial charge in [-0.3, -0.25) is 14.5 Å². The summed E-state index contributed by atoms with van der Waals surface area (Å²) in [7, 11) is 0. The van der Waals surface area contributed by atoms with E-state index in [1.165, 1.54) is 11.8 Å². The third kappa shape index (κ3) is 3.28. The lowest BCUT2D eigenvalue weighted by molar-refractivity contribution is -0.384. The molecule has 0 spiro atoms. The number of nitro groups is 1. The predicted octanol–water partition coefficient (Wildman–Crippen LogP) is 2.42. The Morgan fingerprint density at radius 2 is 2.08 bits per heavy atom. The van der Waals surface area contributed by atoms with Gasteiger partial charge in [-0.05, 0) is 6.07 Å². The molecular formula is C17H19N5O2S. The molecule has 4 rings (SSSR count). The van der Waals surface area contributed by atoms with Crippen LogP contribution in [0.5, 0.6) is 0 Å². The number of aromatic nitrogens is 2. The highest BCUT2D eigenvalue weighted by Crippen LogP contribution is 2.30. The van der Waals surface area contributed by atoms with Gasteiger partial charge in [0, 0.05) is 62.5 Å². The summed E-state index contributed by atoms with van der Waals surface area (Å²) < 4.78 is 2.07. The van der Waals surface area contributed by atoms with Crippen LogP contribution in [0.4, 0.5) is 5.69 Å². The Hall–Kier alpha value is -2.29. The summed E-state index contributed by atoms with van der Waals surface area (Å²) in [4.78, 5) is 18.8. The summed E-state index contributed by atoms with van der Waals surface area (Å²) in [5.74, 6) is 0. The molecule has 3 aromatic rings. The molecule has 0 aliphatic carbocycles. The van der Waals surface area contributed by atoms with Crippen LogP contribution < -0.4 is 5.32 Å². The lowest BCUT2D eigenvalue weighted by atomic mass is 10.1. The first kappa shape index (κ1) is 16.2. The van der Waals surface area contributed by atoms with Crippen LogP contribution in [-0.4, -0.2) is 51.9 Å². The van der Waals surface area contributed by atoms with Crippen molar-refractivity contribution in [2.75, 3.05) is 32.7 Å². The highest BCUT2D eigenvalue weighted by molar-refractivity contribution is 7.15. The van der Waals surface area contributed by atoms with Crippen molar-refractivity contribution in [2.45, 2.75) is 6.42 Å². The summed E-state index contributed by atoms with van der Waals surface area (Å²) in [5, 5.41) is 16.8. The van der Waals surface area contributed by atoms with Gasteiger partial charge in [-0.2, -0.15) is 0 Å². The molecule has 25 heavy (non-hydrogen) atoms. The number of nitrogens with zero attached hydrogens (tertiary/aromatic N) is 4.